The first kappa shape index (κ1) is 9.93. The van der Waals surface area contributed by atoms with E-state index in [9.17, 15) is 4.79 Å². The van der Waals surface area contributed by atoms with Gasteiger partial charge in [0.15, 0.2) is 6.10 Å². The molecular formula is C10H16O4. The van der Waals surface area contributed by atoms with Crippen molar-refractivity contribution in [1.82, 2.24) is 0 Å². The molecule has 2 saturated heterocycles. The van der Waals surface area contributed by atoms with Gasteiger partial charge in [-0.15, -0.1) is 0 Å². The summed E-state index contributed by atoms with van der Waals surface area (Å²) in [5, 5.41) is 0. The van der Waals surface area contributed by atoms with Crippen molar-refractivity contribution in [2.75, 3.05) is 20.3 Å². The Morgan fingerprint density at radius 2 is 2.29 bits per heavy atom. The Morgan fingerprint density at radius 3 is 2.86 bits per heavy atom. The summed E-state index contributed by atoms with van der Waals surface area (Å²) in [5.41, 5.74) is -0.374. The van der Waals surface area contributed by atoms with E-state index in [4.69, 9.17) is 9.47 Å². The second-order valence-corrected chi connectivity index (χ2v) is 4.34. The zero-order valence-electron chi connectivity index (χ0n) is 8.78. The molecule has 2 aliphatic heterocycles. The third-order valence-corrected chi connectivity index (χ3v) is 3.20. The highest BCUT2D eigenvalue weighted by Crippen LogP contribution is 2.50. The lowest BCUT2D eigenvalue weighted by molar-refractivity contribution is -0.142. The lowest BCUT2D eigenvalue weighted by atomic mass is 9.84. The number of carbonyl (C=O) groups excluding carboxylic acids is 1. The van der Waals surface area contributed by atoms with Crippen LogP contribution in [0, 0.1) is 11.8 Å². The van der Waals surface area contributed by atoms with Crippen LogP contribution in [0.1, 0.15) is 13.8 Å². The average molecular weight is 200 g/mol. The number of methoxy groups -OCH3 is 1. The fraction of sp³-hybridized carbons (Fsp3) is 0.900. The van der Waals surface area contributed by atoms with Crippen molar-refractivity contribution in [3.8, 4) is 0 Å². The molecule has 0 aromatic heterocycles. The van der Waals surface area contributed by atoms with Crippen LogP contribution in [-0.4, -0.2) is 38.0 Å². The van der Waals surface area contributed by atoms with Gasteiger partial charge in [0.2, 0.25) is 0 Å². The minimum atomic E-state index is -0.401. The quantitative estimate of drug-likeness (QED) is 0.484. The first-order valence-electron chi connectivity index (χ1n) is 4.95. The molecule has 0 aromatic rings. The third kappa shape index (κ3) is 1.25. The number of hydrogen-bond acceptors (Lipinski definition) is 4. The van der Waals surface area contributed by atoms with Gasteiger partial charge in [0, 0.05) is 5.92 Å². The first-order chi connectivity index (χ1) is 6.62. The Bertz CT molecular complexity index is 251. The Balaban J connectivity index is 2.08. The Kier molecular flexibility index (Phi) is 2.27. The molecule has 3 unspecified atom stereocenters. The molecule has 0 radical (unpaired) electrons. The maximum Gasteiger partial charge on any atom is 0.338 e. The number of esters is 1. The van der Waals surface area contributed by atoms with Crippen LogP contribution in [0.25, 0.3) is 0 Å². The highest BCUT2D eigenvalue weighted by atomic mass is 16.7. The molecule has 2 rings (SSSR count). The predicted molar refractivity (Wildman–Crippen MR) is 48.8 cm³/mol. The Labute approximate surface area is 83.5 Å². The summed E-state index contributed by atoms with van der Waals surface area (Å²) in [5.74, 6) is 0.500. The van der Waals surface area contributed by atoms with Gasteiger partial charge in [-0.3, -0.25) is 0 Å². The highest BCUT2D eigenvalue weighted by molar-refractivity contribution is 5.79. The summed E-state index contributed by atoms with van der Waals surface area (Å²) < 4.78 is 15.6. The van der Waals surface area contributed by atoms with Crippen molar-refractivity contribution in [1.29, 1.82) is 0 Å². The minimum absolute atomic E-state index is 0.277. The molecule has 0 bridgehead atoms. The summed E-state index contributed by atoms with van der Waals surface area (Å²) in [6.07, 6.45) is -0.401. The third-order valence-electron chi connectivity index (χ3n) is 3.20. The van der Waals surface area contributed by atoms with Crippen molar-refractivity contribution >= 4 is 5.97 Å². The zero-order chi connectivity index (χ0) is 10.3. The minimum Gasteiger partial charge on any atom is -0.467 e. The fourth-order valence-corrected chi connectivity index (χ4v) is 2.28. The number of rotatable bonds is 2. The molecule has 0 aromatic carbocycles. The lowest BCUT2D eigenvalue weighted by Gasteiger charge is -2.17. The molecule has 3 atom stereocenters. The SMILES string of the molecule is COC(=O)C1OC12COCC2C(C)C. The van der Waals surface area contributed by atoms with Crippen LogP contribution >= 0.6 is 0 Å². The monoisotopic (exact) mass is 200 g/mol. The summed E-state index contributed by atoms with van der Waals surface area (Å²) in [6.45, 7) is 5.45. The molecule has 4 heteroatoms. The summed E-state index contributed by atoms with van der Waals surface area (Å²) in [4.78, 5) is 11.3. The Hall–Kier alpha value is -0.610. The smallest absolute Gasteiger partial charge is 0.338 e. The number of carbonyl (C=O) groups is 1. The standard InChI is InChI=1S/C10H16O4/c1-6(2)7-4-13-5-10(7)8(14-10)9(11)12-3/h6-8H,4-5H2,1-3H3. The van der Waals surface area contributed by atoms with Gasteiger partial charge in [0.1, 0.15) is 5.60 Å². The molecule has 0 aliphatic carbocycles. The average Bonchev–Trinajstić information content (AvgIpc) is 2.67. The van der Waals surface area contributed by atoms with E-state index in [1.165, 1.54) is 7.11 Å². The van der Waals surface area contributed by atoms with Gasteiger partial charge in [-0.2, -0.15) is 0 Å². The van der Waals surface area contributed by atoms with Crippen LogP contribution in [0.3, 0.4) is 0 Å². The second kappa shape index (κ2) is 3.21. The largest absolute Gasteiger partial charge is 0.467 e. The van der Waals surface area contributed by atoms with Crippen LogP contribution in [0.5, 0.6) is 0 Å². The zero-order valence-corrected chi connectivity index (χ0v) is 8.78. The molecular weight excluding hydrogens is 184 g/mol. The van der Waals surface area contributed by atoms with Crippen LogP contribution in [-0.2, 0) is 19.0 Å². The van der Waals surface area contributed by atoms with Crippen molar-refractivity contribution in [3.05, 3.63) is 0 Å². The second-order valence-electron chi connectivity index (χ2n) is 4.34. The highest BCUT2D eigenvalue weighted by Gasteiger charge is 2.68. The van der Waals surface area contributed by atoms with Crippen molar-refractivity contribution in [2.24, 2.45) is 11.8 Å². The molecule has 2 aliphatic rings. The summed E-state index contributed by atoms with van der Waals surface area (Å²) in [7, 11) is 1.39. The van der Waals surface area contributed by atoms with Gasteiger partial charge in [-0.1, -0.05) is 13.8 Å². The number of epoxide rings is 1. The molecule has 4 nitrogen and oxygen atoms in total. The molecule has 0 amide bonds. The van der Waals surface area contributed by atoms with Gasteiger partial charge in [-0.25, -0.2) is 4.79 Å². The molecule has 1 spiro atoms. The van der Waals surface area contributed by atoms with Gasteiger partial charge in [0.05, 0.1) is 20.3 Å². The van der Waals surface area contributed by atoms with E-state index in [0.29, 0.717) is 25.0 Å². The topological polar surface area (TPSA) is 48.1 Å². The van der Waals surface area contributed by atoms with E-state index < -0.39 is 6.10 Å². The first-order valence-corrected chi connectivity index (χ1v) is 4.95. The van der Waals surface area contributed by atoms with Gasteiger partial charge >= 0.3 is 5.97 Å². The molecule has 2 fully saturated rings. The van der Waals surface area contributed by atoms with Crippen LogP contribution in [0.15, 0.2) is 0 Å². The van der Waals surface area contributed by atoms with E-state index in [1.54, 1.807) is 0 Å². The lowest BCUT2D eigenvalue weighted by Crippen LogP contribution is -2.32. The van der Waals surface area contributed by atoms with Crippen molar-refractivity contribution < 1.29 is 19.0 Å². The normalized spacial score (nSPS) is 40.6. The van der Waals surface area contributed by atoms with Crippen molar-refractivity contribution in [3.63, 3.8) is 0 Å². The molecule has 80 valence electrons. The van der Waals surface area contributed by atoms with Crippen LogP contribution in [0.4, 0.5) is 0 Å². The summed E-state index contributed by atoms with van der Waals surface area (Å²) in [6, 6.07) is 0. The van der Waals surface area contributed by atoms with Gasteiger partial charge < -0.3 is 14.2 Å². The van der Waals surface area contributed by atoms with Gasteiger partial charge in [-0.05, 0) is 5.92 Å². The van der Waals surface area contributed by atoms with E-state index in [1.807, 2.05) is 0 Å². The molecule has 14 heavy (non-hydrogen) atoms. The maximum absolute atomic E-state index is 11.3. The molecule has 0 N–H and O–H groups in total. The maximum atomic E-state index is 11.3. The van der Waals surface area contributed by atoms with E-state index in [2.05, 4.69) is 18.6 Å². The van der Waals surface area contributed by atoms with E-state index in [-0.39, 0.29) is 11.6 Å². The molecule has 2 heterocycles. The predicted octanol–water partition coefficient (Wildman–Crippen LogP) is 0.599. The van der Waals surface area contributed by atoms with Crippen LogP contribution in [0.2, 0.25) is 0 Å². The van der Waals surface area contributed by atoms with E-state index >= 15 is 0 Å². The number of ether oxygens (including phenoxy) is 3. The Morgan fingerprint density at radius 1 is 1.57 bits per heavy atom. The molecule has 0 saturated carbocycles. The van der Waals surface area contributed by atoms with E-state index in [0.717, 1.165) is 0 Å². The fourth-order valence-electron chi connectivity index (χ4n) is 2.28. The van der Waals surface area contributed by atoms with Crippen LogP contribution < -0.4 is 0 Å². The van der Waals surface area contributed by atoms with Crippen molar-refractivity contribution in [2.45, 2.75) is 25.6 Å². The summed E-state index contributed by atoms with van der Waals surface area (Å²) >= 11 is 0. The van der Waals surface area contributed by atoms with Gasteiger partial charge in [0.25, 0.3) is 0 Å². The number of hydrogen-bond donors (Lipinski definition) is 0.